The third-order valence-electron chi connectivity index (χ3n) is 2.93. The van der Waals surface area contributed by atoms with Crippen LogP contribution in [0.3, 0.4) is 0 Å². The Kier molecular flexibility index (Phi) is 4.94. The molecule has 0 atom stereocenters. The fourth-order valence-corrected chi connectivity index (χ4v) is 2.61. The summed E-state index contributed by atoms with van der Waals surface area (Å²) in [5.74, 6) is -1.58. The van der Waals surface area contributed by atoms with E-state index < -0.39 is 5.97 Å². The Balaban J connectivity index is 1.86. The summed E-state index contributed by atoms with van der Waals surface area (Å²) in [6.45, 7) is 0. The van der Waals surface area contributed by atoms with Crippen molar-refractivity contribution in [3.05, 3.63) is 46.2 Å². The van der Waals surface area contributed by atoms with Crippen molar-refractivity contribution in [3.8, 4) is 5.75 Å². The number of benzene rings is 1. The minimum Gasteiger partial charge on any atom is -0.506 e. The zero-order valence-corrected chi connectivity index (χ0v) is 12.0. The first-order chi connectivity index (χ1) is 10.1. The highest BCUT2D eigenvalue weighted by atomic mass is 32.1. The molecule has 0 unspecified atom stereocenters. The lowest BCUT2D eigenvalue weighted by atomic mass is 10.1. The van der Waals surface area contributed by atoms with Crippen LogP contribution in [-0.4, -0.2) is 22.1 Å². The number of amides is 1. The van der Waals surface area contributed by atoms with Gasteiger partial charge in [-0.25, -0.2) is 4.79 Å². The summed E-state index contributed by atoms with van der Waals surface area (Å²) in [5, 5.41) is 23.1. The van der Waals surface area contributed by atoms with Crippen molar-refractivity contribution in [1.29, 1.82) is 0 Å². The lowest BCUT2D eigenvalue weighted by Crippen LogP contribution is -2.11. The first-order valence-electron chi connectivity index (χ1n) is 6.45. The van der Waals surface area contributed by atoms with E-state index in [0.29, 0.717) is 6.42 Å². The minimum absolute atomic E-state index is 0.0248. The van der Waals surface area contributed by atoms with Gasteiger partial charge in [-0.1, -0.05) is 6.07 Å². The normalized spacial score (nSPS) is 10.3. The highest BCUT2D eigenvalue weighted by molar-refractivity contribution is 7.09. The average Bonchev–Trinajstić information content (AvgIpc) is 2.94. The summed E-state index contributed by atoms with van der Waals surface area (Å²) in [6, 6.07) is 7.84. The van der Waals surface area contributed by atoms with Crippen LogP contribution in [-0.2, 0) is 11.2 Å². The minimum atomic E-state index is -1.13. The molecule has 0 spiro atoms. The molecule has 0 saturated heterocycles. The number of carbonyl (C=O) groups excluding carboxylic acids is 1. The summed E-state index contributed by atoms with van der Waals surface area (Å²) in [4.78, 5) is 23.8. The van der Waals surface area contributed by atoms with E-state index in [9.17, 15) is 14.7 Å². The fourth-order valence-electron chi connectivity index (χ4n) is 1.86. The fraction of sp³-hybridized carbons (Fsp3) is 0.200. The van der Waals surface area contributed by atoms with Gasteiger partial charge in [0, 0.05) is 11.3 Å². The van der Waals surface area contributed by atoms with Crippen molar-refractivity contribution < 1.29 is 19.8 Å². The van der Waals surface area contributed by atoms with Gasteiger partial charge in [0.05, 0.1) is 11.3 Å². The van der Waals surface area contributed by atoms with E-state index in [1.54, 1.807) is 11.3 Å². The Morgan fingerprint density at radius 3 is 2.67 bits per heavy atom. The van der Waals surface area contributed by atoms with Crippen molar-refractivity contribution in [2.24, 2.45) is 0 Å². The number of carboxylic acids is 1. The summed E-state index contributed by atoms with van der Waals surface area (Å²) >= 11 is 1.66. The lowest BCUT2D eigenvalue weighted by molar-refractivity contribution is -0.116. The zero-order valence-electron chi connectivity index (χ0n) is 11.2. The lowest BCUT2D eigenvalue weighted by Gasteiger charge is -2.07. The largest absolute Gasteiger partial charge is 0.506 e. The third kappa shape index (κ3) is 4.32. The second kappa shape index (κ2) is 6.90. The molecular formula is C15H15NO4S. The van der Waals surface area contributed by atoms with Crippen LogP contribution in [0.1, 0.15) is 28.1 Å². The zero-order chi connectivity index (χ0) is 15.2. The molecule has 110 valence electrons. The Morgan fingerprint density at radius 2 is 2.05 bits per heavy atom. The Hall–Kier alpha value is -2.34. The molecule has 0 radical (unpaired) electrons. The number of phenolic OH excluding ortho intramolecular Hbond substituents is 1. The van der Waals surface area contributed by atoms with Gasteiger partial charge in [0.15, 0.2) is 0 Å². The molecule has 1 aromatic carbocycles. The number of hydrogen-bond acceptors (Lipinski definition) is 4. The first kappa shape index (κ1) is 15.1. The van der Waals surface area contributed by atoms with Gasteiger partial charge in [0.1, 0.15) is 5.75 Å². The van der Waals surface area contributed by atoms with Crippen molar-refractivity contribution in [3.63, 3.8) is 0 Å². The number of aryl methyl sites for hydroxylation is 1. The van der Waals surface area contributed by atoms with Gasteiger partial charge in [-0.05, 0) is 42.5 Å². The van der Waals surface area contributed by atoms with E-state index in [-0.39, 0.29) is 22.9 Å². The molecule has 5 nitrogen and oxygen atoms in total. The molecule has 3 N–H and O–H groups in total. The number of anilines is 1. The molecule has 1 heterocycles. The van der Waals surface area contributed by atoms with Crippen LogP contribution in [0, 0.1) is 0 Å². The molecule has 0 saturated carbocycles. The topological polar surface area (TPSA) is 86.6 Å². The number of aromatic hydroxyl groups is 1. The molecular weight excluding hydrogens is 290 g/mol. The molecule has 0 bridgehead atoms. The molecule has 0 aliphatic carbocycles. The number of carbonyl (C=O) groups is 2. The van der Waals surface area contributed by atoms with E-state index in [1.807, 2.05) is 17.5 Å². The van der Waals surface area contributed by atoms with Gasteiger partial charge >= 0.3 is 5.97 Å². The maximum atomic E-state index is 11.8. The second-order valence-corrected chi connectivity index (χ2v) is 5.55. The molecule has 21 heavy (non-hydrogen) atoms. The van der Waals surface area contributed by atoms with Crippen LogP contribution >= 0.6 is 11.3 Å². The highest BCUT2D eigenvalue weighted by Crippen LogP contribution is 2.24. The van der Waals surface area contributed by atoms with E-state index >= 15 is 0 Å². The van der Waals surface area contributed by atoms with Crippen LogP contribution in [0.25, 0.3) is 0 Å². The number of carboxylic acid groups (broad SMARTS) is 1. The molecule has 0 aliphatic rings. The number of thiophene rings is 1. The van der Waals surface area contributed by atoms with Crippen molar-refractivity contribution in [1.82, 2.24) is 0 Å². The van der Waals surface area contributed by atoms with Gasteiger partial charge in [-0.15, -0.1) is 11.3 Å². The monoisotopic (exact) mass is 305 g/mol. The van der Waals surface area contributed by atoms with Crippen molar-refractivity contribution in [2.45, 2.75) is 19.3 Å². The van der Waals surface area contributed by atoms with Gasteiger partial charge in [-0.3, -0.25) is 4.79 Å². The number of phenols is 1. The van der Waals surface area contributed by atoms with E-state index in [0.717, 1.165) is 18.9 Å². The predicted molar refractivity (Wildman–Crippen MR) is 81.0 cm³/mol. The van der Waals surface area contributed by atoms with Crippen LogP contribution in [0.5, 0.6) is 5.75 Å². The van der Waals surface area contributed by atoms with E-state index in [2.05, 4.69) is 5.32 Å². The molecule has 1 aromatic heterocycles. The SMILES string of the molecule is O=C(CCCc1cccs1)Nc1ccc(C(=O)O)cc1O. The molecule has 0 aliphatic heterocycles. The molecule has 1 amide bonds. The van der Waals surface area contributed by atoms with Crippen LogP contribution in [0.4, 0.5) is 5.69 Å². The molecule has 6 heteroatoms. The van der Waals surface area contributed by atoms with Gasteiger partial charge < -0.3 is 15.5 Å². The van der Waals surface area contributed by atoms with Crippen molar-refractivity contribution >= 4 is 28.9 Å². The van der Waals surface area contributed by atoms with Crippen LogP contribution in [0.15, 0.2) is 35.7 Å². The Bertz CT molecular complexity index is 637. The summed E-state index contributed by atoms with van der Waals surface area (Å²) in [5.41, 5.74) is 0.198. The molecule has 2 aromatic rings. The van der Waals surface area contributed by atoms with Gasteiger partial charge in [-0.2, -0.15) is 0 Å². The predicted octanol–water partition coefficient (Wildman–Crippen LogP) is 3.11. The number of aromatic carboxylic acids is 1. The van der Waals surface area contributed by atoms with Crippen LogP contribution < -0.4 is 5.32 Å². The van der Waals surface area contributed by atoms with Gasteiger partial charge in [0.25, 0.3) is 0 Å². The maximum Gasteiger partial charge on any atom is 0.335 e. The molecule has 2 rings (SSSR count). The van der Waals surface area contributed by atoms with E-state index in [4.69, 9.17) is 5.11 Å². The molecule has 0 fully saturated rings. The van der Waals surface area contributed by atoms with Crippen molar-refractivity contribution in [2.75, 3.05) is 5.32 Å². The quantitative estimate of drug-likeness (QED) is 0.716. The number of hydrogen-bond donors (Lipinski definition) is 3. The highest BCUT2D eigenvalue weighted by Gasteiger charge is 2.10. The Labute approximate surface area is 125 Å². The maximum absolute atomic E-state index is 11.8. The summed E-state index contributed by atoms with van der Waals surface area (Å²) in [6.07, 6.45) is 1.91. The van der Waals surface area contributed by atoms with E-state index in [1.165, 1.54) is 17.0 Å². The smallest absolute Gasteiger partial charge is 0.335 e. The summed E-state index contributed by atoms with van der Waals surface area (Å²) in [7, 11) is 0. The third-order valence-corrected chi connectivity index (χ3v) is 3.86. The second-order valence-electron chi connectivity index (χ2n) is 4.52. The first-order valence-corrected chi connectivity index (χ1v) is 7.33. The Morgan fingerprint density at radius 1 is 1.24 bits per heavy atom. The number of rotatable bonds is 6. The standard InChI is InChI=1S/C15H15NO4S/c17-13-9-10(15(19)20)6-7-12(13)16-14(18)5-1-3-11-4-2-8-21-11/h2,4,6-9,17H,1,3,5H2,(H,16,18)(H,19,20). The average molecular weight is 305 g/mol. The van der Waals surface area contributed by atoms with Crippen LogP contribution in [0.2, 0.25) is 0 Å². The van der Waals surface area contributed by atoms with Gasteiger partial charge in [0.2, 0.25) is 5.91 Å². The summed E-state index contributed by atoms with van der Waals surface area (Å²) < 4.78 is 0. The number of nitrogens with one attached hydrogen (secondary N) is 1.